The zero-order valence-electron chi connectivity index (χ0n) is 9.68. The zero-order valence-corrected chi connectivity index (χ0v) is 12.8. The molecule has 0 unspecified atom stereocenters. The van der Waals surface area contributed by atoms with Crippen LogP contribution in [0.1, 0.15) is 15.3 Å². The lowest BCUT2D eigenvalue weighted by molar-refractivity contribution is 1.14. The minimum absolute atomic E-state index is 0.741. The van der Waals surface area contributed by atoms with Gasteiger partial charge in [-0.15, -0.1) is 11.3 Å². The highest BCUT2D eigenvalue weighted by molar-refractivity contribution is 9.10. The van der Waals surface area contributed by atoms with E-state index in [4.69, 9.17) is 11.6 Å². The normalized spacial score (nSPS) is 10.6. The first-order valence-corrected chi connectivity index (χ1v) is 7.30. The van der Waals surface area contributed by atoms with E-state index >= 15 is 0 Å². The molecule has 1 aromatic heterocycles. The summed E-state index contributed by atoms with van der Waals surface area (Å²) in [6.45, 7) is 5.14. The summed E-state index contributed by atoms with van der Waals surface area (Å²) in [5.41, 5.74) is 2.42. The molecular weight excluding hydrogens is 318 g/mol. The molecule has 1 heterocycles. The SMILES string of the molecule is Cc1cc(CNc2ccc(Cl)cc2Br)c(C)s1. The third kappa shape index (κ3) is 3.24. The molecule has 0 atom stereocenters. The Morgan fingerprint density at radius 3 is 2.65 bits per heavy atom. The first-order valence-electron chi connectivity index (χ1n) is 5.31. The van der Waals surface area contributed by atoms with Crippen molar-refractivity contribution in [2.24, 2.45) is 0 Å². The average Bonchev–Trinajstić information content (AvgIpc) is 2.56. The van der Waals surface area contributed by atoms with Crippen molar-refractivity contribution in [1.29, 1.82) is 0 Å². The van der Waals surface area contributed by atoms with Gasteiger partial charge >= 0.3 is 0 Å². The van der Waals surface area contributed by atoms with Crippen molar-refractivity contribution < 1.29 is 0 Å². The highest BCUT2D eigenvalue weighted by Gasteiger charge is 2.04. The van der Waals surface area contributed by atoms with Crippen LogP contribution in [0.15, 0.2) is 28.7 Å². The summed E-state index contributed by atoms with van der Waals surface area (Å²) in [7, 11) is 0. The van der Waals surface area contributed by atoms with Gasteiger partial charge in [-0.05, 0) is 59.6 Å². The molecule has 0 spiro atoms. The molecular formula is C13H13BrClNS. The molecule has 1 nitrogen and oxygen atoms in total. The van der Waals surface area contributed by atoms with Crippen LogP contribution < -0.4 is 5.32 Å². The molecule has 0 saturated carbocycles. The highest BCUT2D eigenvalue weighted by Crippen LogP contribution is 2.27. The molecule has 0 aliphatic rings. The molecule has 4 heteroatoms. The Bertz CT molecular complexity index is 536. The van der Waals surface area contributed by atoms with E-state index in [9.17, 15) is 0 Å². The molecule has 90 valence electrons. The minimum atomic E-state index is 0.741. The number of nitrogens with one attached hydrogen (secondary N) is 1. The Labute approximate surface area is 119 Å². The van der Waals surface area contributed by atoms with E-state index in [2.05, 4.69) is 41.2 Å². The molecule has 1 N–H and O–H groups in total. The van der Waals surface area contributed by atoms with Crippen LogP contribution in [0.3, 0.4) is 0 Å². The van der Waals surface area contributed by atoms with Crippen molar-refractivity contribution >= 4 is 44.6 Å². The third-order valence-corrected chi connectivity index (χ3v) is 4.44. The van der Waals surface area contributed by atoms with Gasteiger partial charge in [0.25, 0.3) is 0 Å². The van der Waals surface area contributed by atoms with Gasteiger partial charge in [-0.25, -0.2) is 0 Å². The number of benzene rings is 1. The Morgan fingerprint density at radius 2 is 2.06 bits per heavy atom. The fraction of sp³-hybridized carbons (Fsp3) is 0.231. The second-order valence-corrected chi connectivity index (χ2v) is 6.67. The van der Waals surface area contributed by atoms with Gasteiger partial charge in [0.2, 0.25) is 0 Å². The molecule has 2 aromatic rings. The Morgan fingerprint density at radius 1 is 1.29 bits per heavy atom. The van der Waals surface area contributed by atoms with Crippen LogP contribution in [0.25, 0.3) is 0 Å². The Hall–Kier alpha value is -0.510. The molecule has 0 bridgehead atoms. The number of anilines is 1. The predicted molar refractivity (Wildman–Crippen MR) is 80.3 cm³/mol. The van der Waals surface area contributed by atoms with E-state index in [1.807, 2.05) is 29.5 Å². The highest BCUT2D eigenvalue weighted by atomic mass is 79.9. The maximum atomic E-state index is 5.91. The molecule has 0 amide bonds. The number of halogens is 2. The van der Waals surface area contributed by atoms with Gasteiger partial charge in [-0.2, -0.15) is 0 Å². The number of thiophene rings is 1. The van der Waals surface area contributed by atoms with Gasteiger partial charge in [-0.3, -0.25) is 0 Å². The predicted octanol–water partition coefficient (Wildman–Crippen LogP) is 5.39. The van der Waals surface area contributed by atoms with Crippen molar-refractivity contribution in [3.63, 3.8) is 0 Å². The summed E-state index contributed by atoms with van der Waals surface area (Å²) in [6, 6.07) is 8.01. The average molecular weight is 331 g/mol. The van der Waals surface area contributed by atoms with E-state index in [0.29, 0.717) is 0 Å². The number of aryl methyl sites for hydroxylation is 2. The Balaban J connectivity index is 2.10. The van der Waals surface area contributed by atoms with Crippen LogP contribution in [0.4, 0.5) is 5.69 Å². The van der Waals surface area contributed by atoms with E-state index in [0.717, 1.165) is 21.7 Å². The standard InChI is InChI=1S/C13H13BrClNS/c1-8-5-10(9(2)17-8)7-16-13-4-3-11(15)6-12(13)14/h3-6,16H,7H2,1-2H3. The summed E-state index contributed by atoms with van der Waals surface area (Å²) in [5, 5.41) is 4.15. The Kier molecular flexibility index (Phi) is 4.13. The van der Waals surface area contributed by atoms with Crippen LogP contribution in [-0.2, 0) is 6.54 Å². The monoisotopic (exact) mass is 329 g/mol. The summed E-state index contributed by atoms with van der Waals surface area (Å²) in [5.74, 6) is 0. The number of hydrogen-bond donors (Lipinski definition) is 1. The lowest BCUT2D eigenvalue weighted by Crippen LogP contribution is -1.99. The number of rotatable bonds is 3. The molecule has 0 radical (unpaired) electrons. The quantitative estimate of drug-likeness (QED) is 0.795. The second kappa shape index (κ2) is 5.42. The van der Waals surface area contributed by atoms with E-state index in [1.165, 1.54) is 15.3 Å². The summed E-state index contributed by atoms with van der Waals surface area (Å²) in [6.07, 6.45) is 0. The van der Waals surface area contributed by atoms with E-state index in [1.54, 1.807) is 0 Å². The summed E-state index contributed by atoms with van der Waals surface area (Å²) in [4.78, 5) is 2.73. The fourth-order valence-electron chi connectivity index (χ4n) is 1.68. The molecule has 1 aromatic carbocycles. The number of hydrogen-bond acceptors (Lipinski definition) is 2. The topological polar surface area (TPSA) is 12.0 Å². The van der Waals surface area contributed by atoms with Gasteiger partial charge in [0.15, 0.2) is 0 Å². The van der Waals surface area contributed by atoms with E-state index in [-0.39, 0.29) is 0 Å². The van der Waals surface area contributed by atoms with Gasteiger partial charge in [-0.1, -0.05) is 11.6 Å². The van der Waals surface area contributed by atoms with Crippen molar-refractivity contribution in [2.75, 3.05) is 5.32 Å². The first-order chi connectivity index (χ1) is 8.06. The maximum absolute atomic E-state index is 5.91. The molecule has 0 aliphatic heterocycles. The van der Waals surface area contributed by atoms with Crippen LogP contribution >= 0.6 is 38.9 Å². The van der Waals surface area contributed by atoms with Crippen molar-refractivity contribution in [3.05, 3.63) is 49.1 Å². The van der Waals surface area contributed by atoms with Crippen LogP contribution in [0.2, 0.25) is 5.02 Å². The maximum Gasteiger partial charge on any atom is 0.0488 e. The lowest BCUT2D eigenvalue weighted by atomic mass is 10.2. The van der Waals surface area contributed by atoms with Gasteiger partial charge in [0.1, 0.15) is 0 Å². The second-order valence-electron chi connectivity index (χ2n) is 3.92. The van der Waals surface area contributed by atoms with Crippen LogP contribution in [0, 0.1) is 13.8 Å². The molecule has 0 saturated heterocycles. The van der Waals surface area contributed by atoms with Crippen molar-refractivity contribution in [3.8, 4) is 0 Å². The van der Waals surface area contributed by atoms with Gasteiger partial charge in [0, 0.05) is 31.5 Å². The summed E-state index contributed by atoms with van der Waals surface area (Å²) < 4.78 is 0.995. The fourth-order valence-corrected chi connectivity index (χ4v) is 3.45. The molecule has 2 rings (SSSR count). The minimum Gasteiger partial charge on any atom is -0.380 e. The first kappa shape index (κ1) is 12.9. The summed E-state index contributed by atoms with van der Waals surface area (Å²) >= 11 is 11.2. The third-order valence-electron chi connectivity index (χ3n) is 2.54. The smallest absolute Gasteiger partial charge is 0.0488 e. The van der Waals surface area contributed by atoms with Gasteiger partial charge < -0.3 is 5.32 Å². The molecule has 0 fully saturated rings. The molecule has 17 heavy (non-hydrogen) atoms. The van der Waals surface area contributed by atoms with Crippen LogP contribution in [-0.4, -0.2) is 0 Å². The van der Waals surface area contributed by atoms with Crippen molar-refractivity contribution in [1.82, 2.24) is 0 Å². The van der Waals surface area contributed by atoms with Gasteiger partial charge in [0.05, 0.1) is 0 Å². The van der Waals surface area contributed by atoms with E-state index < -0.39 is 0 Å². The lowest BCUT2D eigenvalue weighted by Gasteiger charge is -2.08. The zero-order chi connectivity index (χ0) is 12.4. The van der Waals surface area contributed by atoms with Crippen LogP contribution in [0.5, 0.6) is 0 Å². The molecule has 0 aliphatic carbocycles. The largest absolute Gasteiger partial charge is 0.380 e. The van der Waals surface area contributed by atoms with Crippen molar-refractivity contribution in [2.45, 2.75) is 20.4 Å².